The molecule has 3 aromatic rings. The van der Waals surface area contributed by atoms with E-state index in [9.17, 15) is 4.79 Å². The Hall–Kier alpha value is -2.66. The molecule has 0 spiro atoms. The van der Waals surface area contributed by atoms with Gasteiger partial charge in [-0.3, -0.25) is 4.79 Å². The maximum absolute atomic E-state index is 12.6. The molecule has 5 heteroatoms. The van der Waals surface area contributed by atoms with Crippen molar-refractivity contribution >= 4 is 17.2 Å². The number of aryl methyl sites for hydroxylation is 2. The molecule has 1 N–H and O–H groups in total. The van der Waals surface area contributed by atoms with E-state index in [0.717, 1.165) is 23.3 Å². The van der Waals surface area contributed by atoms with Gasteiger partial charge in [0.05, 0.1) is 12.0 Å². The maximum Gasteiger partial charge on any atom is 0.261 e. The highest BCUT2D eigenvalue weighted by Gasteiger charge is 2.21. The molecule has 0 aliphatic heterocycles. The number of carbonyl (C=O) groups is 1. The number of pyridine rings is 1. The average Bonchev–Trinajstić information content (AvgIpc) is 3.11. The minimum Gasteiger partial charge on any atom is -0.481 e. The Morgan fingerprint density at radius 1 is 1.20 bits per heavy atom. The summed E-state index contributed by atoms with van der Waals surface area (Å²) in [7, 11) is 1.58. The van der Waals surface area contributed by atoms with Crippen LogP contribution in [-0.2, 0) is 19.4 Å². The Balaban J connectivity index is 1.54. The lowest BCUT2D eigenvalue weighted by molar-refractivity contribution is 0.0954. The quantitative estimate of drug-likeness (QED) is 0.778. The van der Waals surface area contributed by atoms with Crippen LogP contribution in [0.2, 0.25) is 0 Å². The molecule has 4 nitrogen and oxygen atoms in total. The van der Waals surface area contributed by atoms with Gasteiger partial charge in [-0.2, -0.15) is 0 Å². The number of ether oxygens (including phenoxy) is 1. The summed E-state index contributed by atoms with van der Waals surface area (Å²) in [4.78, 5) is 18.7. The topological polar surface area (TPSA) is 51.2 Å². The zero-order chi connectivity index (χ0) is 17.2. The van der Waals surface area contributed by atoms with Crippen molar-refractivity contribution < 1.29 is 9.53 Å². The monoisotopic (exact) mass is 350 g/mol. The molecule has 0 atom stereocenters. The molecule has 0 unspecified atom stereocenters. The standard InChI is InChI=1S/C20H18N2O2S/c1-24-20-15(6-4-10-21-20)12-22-19(23)17-11-14-9-8-13-5-2-3-7-16(13)18(14)25-17/h2-7,10-11H,8-9,12H2,1H3,(H,22,23). The van der Waals surface area contributed by atoms with Crippen LogP contribution >= 0.6 is 11.3 Å². The summed E-state index contributed by atoms with van der Waals surface area (Å²) in [5, 5.41) is 2.97. The van der Waals surface area contributed by atoms with Gasteiger partial charge in [-0.25, -0.2) is 4.98 Å². The van der Waals surface area contributed by atoms with E-state index in [1.165, 1.54) is 21.6 Å². The molecular formula is C20H18N2O2S. The lowest BCUT2D eigenvalue weighted by atomic mass is 9.91. The molecular weight excluding hydrogens is 332 g/mol. The Kier molecular flexibility index (Phi) is 4.24. The molecule has 126 valence electrons. The minimum absolute atomic E-state index is 0.0530. The van der Waals surface area contributed by atoms with E-state index in [-0.39, 0.29) is 5.91 Å². The van der Waals surface area contributed by atoms with Crippen LogP contribution in [0.4, 0.5) is 0 Å². The van der Waals surface area contributed by atoms with Gasteiger partial charge in [-0.15, -0.1) is 11.3 Å². The van der Waals surface area contributed by atoms with Crippen LogP contribution < -0.4 is 10.1 Å². The lowest BCUT2D eigenvalue weighted by Gasteiger charge is -2.15. The number of amides is 1. The average molecular weight is 350 g/mol. The van der Waals surface area contributed by atoms with E-state index in [1.54, 1.807) is 24.6 Å². The summed E-state index contributed by atoms with van der Waals surface area (Å²) < 4.78 is 5.23. The van der Waals surface area contributed by atoms with Gasteiger partial charge in [0.25, 0.3) is 5.91 Å². The molecule has 4 rings (SSSR count). The van der Waals surface area contributed by atoms with Crippen molar-refractivity contribution in [3.63, 3.8) is 0 Å². The number of fused-ring (bicyclic) bond motifs is 3. The van der Waals surface area contributed by atoms with Crippen molar-refractivity contribution in [1.82, 2.24) is 10.3 Å². The second-order valence-electron chi connectivity index (χ2n) is 5.98. The zero-order valence-electron chi connectivity index (χ0n) is 13.9. The zero-order valence-corrected chi connectivity index (χ0v) is 14.7. The van der Waals surface area contributed by atoms with Gasteiger partial charge in [-0.05, 0) is 41.7 Å². The smallest absolute Gasteiger partial charge is 0.261 e. The number of rotatable bonds is 4. The number of methoxy groups -OCH3 is 1. The van der Waals surface area contributed by atoms with Gasteiger partial charge in [0.15, 0.2) is 0 Å². The first-order chi connectivity index (χ1) is 12.3. The van der Waals surface area contributed by atoms with Crippen LogP contribution in [0, 0.1) is 0 Å². The van der Waals surface area contributed by atoms with Crippen molar-refractivity contribution in [2.75, 3.05) is 7.11 Å². The Morgan fingerprint density at radius 2 is 2.04 bits per heavy atom. The highest BCUT2D eigenvalue weighted by atomic mass is 32.1. The second-order valence-corrected chi connectivity index (χ2v) is 7.03. The molecule has 0 radical (unpaired) electrons. The molecule has 2 aromatic heterocycles. The van der Waals surface area contributed by atoms with Crippen LogP contribution in [-0.4, -0.2) is 18.0 Å². The predicted octanol–water partition coefficient (Wildman–Crippen LogP) is 3.85. The van der Waals surface area contributed by atoms with Gasteiger partial charge in [0, 0.05) is 23.2 Å². The fraction of sp³-hybridized carbons (Fsp3) is 0.200. The number of benzene rings is 1. The molecule has 1 aromatic carbocycles. The number of hydrogen-bond donors (Lipinski definition) is 1. The maximum atomic E-state index is 12.6. The highest BCUT2D eigenvalue weighted by molar-refractivity contribution is 7.17. The van der Waals surface area contributed by atoms with Crippen molar-refractivity contribution in [2.24, 2.45) is 0 Å². The first-order valence-corrected chi connectivity index (χ1v) is 9.05. The molecule has 0 saturated carbocycles. The number of thiophene rings is 1. The van der Waals surface area contributed by atoms with Crippen LogP contribution in [0.3, 0.4) is 0 Å². The number of hydrogen-bond acceptors (Lipinski definition) is 4. The van der Waals surface area contributed by atoms with Crippen LogP contribution in [0.5, 0.6) is 5.88 Å². The summed E-state index contributed by atoms with van der Waals surface area (Å²) in [5.41, 5.74) is 4.77. The Morgan fingerprint density at radius 3 is 2.92 bits per heavy atom. The molecule has 25 heavy (non-hydrogen) atoms. The third-order valence-electron chi connectivity index (χ3n) is 4.44. The van der Waals surface area contributed by atoms with Crippen molar-refractivity contribution in [1.29, 1.82) is 0 Å². The van der Waals surface area contributed by atoms with E-state index < -0.39 is 0 Å². The van der Waals surface area contributed by atoms with Crippen LogP contribution in [0.15, 0.2) is 48.7 Å². The summed E-state index contributed by atoms with van der Waals surface area (Å²) in [5.74, 6) is 0.491. The van der Waals surface area contributed by atoms with Gasteiger partial charge in [0.1, 0.15) is 0 Å². The lowest BCUT2D eigenvalue weighted by Crippen LogP contribution is -2.22. The number of nitrogens with one attached hydrogen (secondary N) is 1. The largest absolute Gasteiger partial charge is 0.481 e. The third-order valence-corrected chi connectivity index (χ3v) is 5.65. The van der Waals surface area contributed by atoms with Crippen LogP contribution in [0.1, 0.15) is 26.4 Å². The highest BCUT2D eigenvalue weighted by Crippen LogP contribution is 2.39. The van der Waals surface area contributed by atoms with Gasteiger partial charge in [0.2, 0.25) is 5.88 Å². The normalized spacial score (nSPS) is 12.2. The van der Waals surface area contributed by atoms with Crippen molar-refractivity contribution in [2.45, 2.75) is 19.4 Å². The molecule has 0 bridgehead atoms. The van der Waals surface area contributed by atoms with Gasteiger partial charge < -0.3 is 10.1 Å². The first kappa shape index (κ1) is 15.8. The summed E-state index contributed by atoms with van der Waals surface area (Å²) in [6.45, 7) is 0.398. The fourth-order valence-corrected chi connectivity index (χ4v) is 4.38. The predicted molar refractivity (Wildman–Crippen MR) is 99.1 cm³/mol. The SMILES string of the molecule is COc1ncccc1CNC(=O)c1cc2c(s1)-c1ccccc1CC2. The molecule has 2 heterocycles. The van der Waals surface area contributed by atoms with E-state index >= 15 is 0 Å². The van der Waals surface area contributed by atoms with E-state index in [1.807, 2.05) is 18.2 Å². The molecule has 1 amide bonds. The van der Waals surface area contributed by atoms with Gasteiger partial charge in [-0.1, -0.05) is 30.3 Å². The summed E-state index contributed by atoms with van der Waals surface area (Å²) in [6.07, 6.45) is 3.70. The molecule has 1 aliphatic rings. The molecule has 0 fully saturated rings. The molecule has 0 saturated heterocycles. The number of aromatic nitrogens is 1. The second kappa shape index (κ2) is 6.69. The number of nitrogens with zero attached hydrogens (tertiary/aromatic N) is 1. The number of carbonyl (C=O) groups excluding carboxylic acids is 1. The summed E-state index contributed by atoms with van der Waals surface area (Å²) in [6, 6.07) is 14.2. The molecule has 1 aliphatic carbocycles. The van der Waals surface area contributed by atoms with Crippen molar-refractivity contribution in [3.05, 3.63) is 70.2 Å². The van der Waals surface area contributed by atoms with E-state index in [0.29, 0.717) is 12.4 Å². The first-order valence-electron chi connectivity index (χ1n) is 8.23. The minimum atomic E-state index is -0.0530. The van der Waals surface area contributed by atoms with Crippen LogP contribution in [0.25, 0.3) is 10.4 Å². The fourth-order valence-electron chi connectivity index (χ4n) is 3.19. The van der Waals surface area contributed by atoms with Gasteiger partial charge >= 0.3 is 0 Å². The Labute approximate surface area is 150 Å². The Bertz CT molecular complexity index is 933. The van der Waals surface area contributed by atoms with E-state index in [4.69, 9.17) is 4.74 Å². The summed E-state index contributed by atoms with van der Waals surface area (Å²) >= 11 is 1.57. The van der Waals surface area contributed by atoms with E-state index in [2.05, 4.69) is 34.6 Å². The van der Waals surface area contributed by atoms with Crippen molar-refractivity contribution in [3.8, 4) is 16.3 Å². The third kappa shape index (κ3) is 3.03.